The number of fused-ring (bicyclic) bond motifs is 1. The summed E-state index contributed by atoms with van der Waals surface area (Å²) in [7, 11) is -1.20. The molecule has 7 nitrogen and oxygen atoms in total. The molecule has 2 atom stereocenters. The number of carbonyl (C=O) groups excluding carboxylic acids is 1. The minimum Gasteiger partial charge on any atom is -0.341 e. The van der Waals surface area contributed by atoms with Gasteiger partial charge in [-0.15, -0.1) is 0 Å². The Bertz CT molecular complexity index is 939. The van der Waals surface area contributed by atoms with E-state index in [9.17, 15) is 13.2 Å². The number of likely N-dealkylation sites (N-methyl/N-ethyl adjacent to an activating group) is 1. The first kappa shape index (κ1) is 17.2. The molecular weight excluding hydrogens is 352 g/mol. The molecule has 0 radical (unpaired) electrons. The first-order valence-corrected chi connectivity index (χ1v) is 10.5. The van der Waals surface area contributed by atoms with Crippen LogP contribution in [-0.2, 0) is 9.84 Å². The minimum absolute atomic E-state index is 0.0305. The molecule has 26 heavy (non-hydrogen) atoms. The Hall–Kier alpha value is -2.19. The number of piperazine rings is 1. The molecule has 0 unspecified atom stereocenters. The summed E-state index contributed by atoms with van der Waals surface area (Å²) in [6.45, 7) is 3.00. The molecule has 0 saturated carbocycles. The Kier molecular flexibility index (Phi) is 4.11. The average molecular weight is 374 g/mol. The highest BCUT2D eigenvalue weighted by atomic mass is 32.2. The van der Waals surface area contributed by atoms with Gasteiger partial charge in [-0.05, 0) is 14.0 Å². The number of H-pyrrole nitrogens is 1. The summed E-state index contributed by atoms with van der Waals surface area (Å²) < 4.78 is 24.2. The summed E-state index contributed by atoms with van der Waals surface area (Å²) in [5.74, 6) is 0.604. The number of aromatic nitrogens is 2. The summed E-state index contributed by atoms with van der Waals surface area (Å²) in [6.07, 6.45) is 0. The van der Waals surface area contributed by atoms with Gasteiger partial charge in [0.05, 0.1) is 17.5 Å². The summed E-state index contributed by atoms with van der Waals surface area (Å²) in [6, 6.07) is 9.19. The van der Waals surface area contributed by atoms with Gasteiger partial charge in [0.2, 0.25) is 0 Å². The number of hydrogen-bond acceptors (Lipinski definition) is 5. The van der Waals surface area contributed by atoms with E-state index in [2.05, 4.69) is 9.97 Å². The molecule has 2 aliphatic heterocycles. The van der Waals surface area contributed by atoms with E-state index in [1.807, 2.05) is 49.2 Å². The molecule has 0 bridgehead atoms. The molecule has 4 rings (SSSR count). The molecule has 2 aromatic rings. The lowest BCUT2D eigenvalue weighted by Crippen LogP contribution is -2.59. The zero-order chi connectivity index (χ0) is 18.5. The first-order valence-electron chi connectivity index (χ1n) is 8.69. The van der Waals surface area contributed by atoms with Crippen LogP contribution in [0.1, 0.15) is 16.2 Å². The lowest BCUT2D eigenvalue weighted by Gasteiger charge is -2.42. The van der Waals surface area contributed by atoms with Gasteiger partial charge in [0, 0.05) is 30.4 Å². The van der Waals surface area contributed by atoms with Crippen molar-refractivity contribution in [3.05, 3.63) is 41.7 Å². The van der Waals surface area contributed by atoms with Crippen molar-refractivity contribution in [2.24, 2.45) is 0 Å². The number of nitrogens with one attached hydrogen (secondary N) is 1. The first-order chi connectivity index (χ1) is 12.4. The fourth-order valence-electron chi connectivity index (χ4n) is 3.92. The van der Waals surface area contributed by atoms with Gasteiger partial charge in [0.25, 0.3) is 5.91 Å². The van der Waals surface area contributed by atoms with Crippen molar-refractivity contribution in [3.8, 4) is 11.4 Å². The Balaban J connectivity index is 1.65. The number of amides is 1. The molecule has 8 heteroatoms. The van der Waals surface area contributed by atoms with Gasteiger partial charge in [0.1, 0.15) is 11.5 Å². The quantitative estimate of drug-likeness (QED) is 0.845. The molecule has 1 N–H and O–H groups in total. The molecule has 2 fully saturated rings. The molecule has 1 amide bonds. The smallest absolute Gasteiger partial charge is 0.274 e. The average Bonchev–Trinajstić information content (AvgIpc) is 3.15. The van der Waals surface area contributed by atoms with Crippen LogP contribution in [0.25, 0.3) is 11.4 Å². The number of nitrogens with zero attached hydrogens (tertiary/aromatic N) is 3. The standard InChI is InChI=1S/C18H22N4O3S/c1-12-16(20-17(19-12)13-6-4-3-5-7-13)18(23)22-9-8-21(2)14-10-26(24,25)11-15(14)22/h3-7,14-15H,8-11H2,1-2H3,(H,19,20)/t14-,15+/m0/s1. The van der Waals surface area contributed by atoms with Gasteiger partial charge in [0.15, 0.2) is 9.84 Å². The van der Waals surface area contributed by atoms with Crippen molar-refractivity contribution in [1.29, 1.82) is 0 Å². The van der Waals surface area contributed by atoms with Crippen molar-refractivity contribution in [3.63, 3.8) is 0 Å². The molecule has 2 aliphatic rings. The summed E-state index contributed by atoms with van der Waals surface area (Å²) in [4.78, 5) is 24.6. The van der Waals surface area contributed by atoms with E-state index in [1.165, 1.54) is 0 Å². The third-order valence-corrected chi connectivity index (χ3v) is 7.05. The number of aryl methyl sites for hydroxylation is 1. The summed E-state index contributed by atoms with van der Waals surface area (Å²) >= 11 is 0. The van der Waals surface area contributed by atoms with Crippen molar-refractivity contribution in [1.82, 2.24) is 19.8 Å². The van der Waals surface area contributed by atoms with E-state index >= 15 is 0 Å². The van der Waals surface area contributed by atoms with Crippen LogP contribution < -0.4 is 0 Å². The molecule has 0 aliphatic carbocycles. The monoisotopic (exact) mass is 374 g/mol. The number of hydrogen-bond donors (Lipinski definition) is 1. The topological polar surface area (TPSA) is 86.4 Å². The van der Waals surface area contributed by atoms with Gasteiger partial charge < -0.3 is 9.88 Å². The maximum absolute atomic E-state index is 13.2. The number of rotatable bonds is 2. The predicted octanol–water partition coefficient (Wildman–Crippen LogP) is 0.938. The highest BCUT2D eigenvalue weighted by Crippen LogP contribution is 2.28. The van der Waals surface area contributed by atoms with Gasteiger partial charge in [-0.3, -0.25) is 9.69 Å². The van der Waals surface area contributed by atoms with Crippen LogP contribution in [0, 0.1) is 6.92 Å². The molecule has 0 spiro atoms. The molecule has 2 saturated heterocycles. The Labute approximate surface area is 152 Å². The Morgan fingerprint density at radius 1 is 1.15 bits per heavy atom. The van der Waals surface area contributed by atoms with Crippen LogP contribution in [-0.4, -0.2) is 77.8 Å². The zero-order valence-corrected chi connectivity index (χ0v) is 15.7. The highest BCUT2D eigenvalue weighted by Gasteiger charge is 2.47. The number of benzene rings is 1. The zero-order valence-electron chi connectivity index (χ0n) is 14.8. The highest BCUT2D eigenvalue weighted by molar-refractivity contribution is 7.91. The van der Waals surface area contributed by atoms with E-state index in [1.54, 1.807) is 4.90 Å². The van der Waals surface area contributed by atoms with Gasteiger partial charge in [-0.1, -0.05) is 30.3 Å². The molecule has 1 aromatic carbocycles. The van der Waals surface area contributed by atoms with Crippen LogP contribution in [0.2, 0.25) is 0 Å². The van der Waals surface area contributed by atoms with Crippen molar-refractivity contribution < 1.29 is 13.2 Å². The number of aromatic amines is 1. The SMILES string of the molecule is Cc1[nH]c(-c2ccccc2)nc1C(=O)N1CCN(C)[C@H]2CS(=O)(=O)C[C@H]21. The molecule has 3 heterocycles. The van der Waals surface area contributed by atoms with E-state index in [0.717, 1.165) is 5.56 Å². The maximum Gasteiger partial charge on any atom is 0.274 e. The van der Waals surface area contributed by atoms with Crippen LogP contribution >= 0.6 is 0 Å². The van der Waals surface area contributed by atoms with Crippen LogP contribution in [0.15, 0.2) is 30.3 Å². The molecular formula is C18H22N4O3S. The lowest BCUT2D eigenvalue weighted by atomic mass is 10.0. The van der Waals surface area contributed by atoms with Crippen molar-refractivity contribution in [2.45, 2.75) is 19.0 Å². The second-order valence-corrected chi connectivity index (χ2v) is 9.27. The van der Waals surface area contributed by atoms with Gasteiger partial charge in [-0.25, -0.2) is 13.4 Å². The Morgan fingerprint density at radius 3 is 2.58 bits per heavy atom. The minimum atomic E-state index is -3.12. The lowest BCUT2D eigenvalue weighted by molar-refractivity contribution is 0.0404. The number of sulfone groups is 1. The predicted molar refractivity (Wildman–Crippen MR) is 98.7 cm³/mol. The van der Waals surface area contributed by atoms with E-state index in [4.69, 9.17) is 0 Å². The second kappa shape index (κ2) is 6.21. The second-order valence-electron chi connectivity index (χ2n) is 7.12. The van der Waals surface area contributed by atoms with Crippen LogP contribution in [0.3, 0.4) is 0 Å². The van der Waals surface area contributed by atoms with E-state index in [-0.39, 0.29) is 29.5 Å². The van der Waals surface area contributed by atoms with Crippen molar-refractivity contribution >= 4 is 15.7 Å². The third-order valence-electron chi connectivity index (χ3n) is 5.35. The van der Waals surface area contributed by atoms with Crippen molar-refractivity contribution in [2.75, 3.05) is 31.6 Å². The fourth-order valence-corrected chi connectivity index (χ4v) is 5.97. The van der Waals surface area contributed by atoms with Gasteiger partial charge >= 0.3 is 0 Å². The third kappa shape index (κ3) is 2.93. The van der Waals surface area contributed by atoms with E-state index in [0.29, 0.717) is 30.3 Å². The summed E-state index contributed by atoms with van der Waals surface area (Å²) in [5.41, 5.74) is 1.98. The number of carbonyl (C=O) groups is 1. The van der Waals surface area contributed by atoms with Crippen LogP contribution in [0.5, 0.6) is 0 Å². The maximum atomic E-state index is 13.2. The fraction of sp³-hybridized carbons (Fsp3) is 0.444. The summed E-state index contributed by atoms with van der Waals surface area (Å²) in [5, 5.41) is 0. The van der Waals surface area contributed by atoms with Gasteiger partial charge in [-0.2, -0.15) is 0 Å². The largest absolute Gasteiger partial charge is 0.341 e. The van der Waals surface area contributed by atoms with Crippen LogP contribution in [0.4, 0.5) is 0 Å². The molecule has 1 aromatic heterocycles. The Morgan fingerprint density at radius 2 is 1.85 bits per heavy atom. The normalized spacial score (nSPS) is 25.2. The van der Waals surface area contributed by atoms with E-state index < -0.39 is 9.84 Å². The molecule has 138 valence electrons. The number of imidazole rings is 1.